The highest BCUT2D eigenvalue weighted by molar-refractivity contribution is 6.08. The molecule has 0 heterocycles. The highest BCUT2D eigenvalue weighted by atomic mass is 28.1. The largest absolute Gasteiger partial charge is 0.462 e. The van der Waals surface area contributed by atoms with Gasteiger partial charge in [0.1, 0.15) is 0 Å². The third kappa shape index (κ3) is 5.85. The van der Waals surface area contributed by atoms with Crippen molar-refractivity contribution in [1.29, 1.82) is 0 Å². The van der Waals surface area contributed by atoms with E-state index in [1.54, 1.807) is 6.92 Å². The highest BCUT2D eigenvalue weighted by Gasteiger charge is 2.00. The van der Waals surface area contributed by atoms with E-state index in [0.29, 0.717) is 12.2 Å². The third-order valence-corrected chi connectivity index (χ3v) is 1.51. The van der Waals surface area contributed by atoms with Crippen LogP contribution in [-0.4, -0.2) is 22.8 Å². The van der Waals surface area contributed by atoms with Crippen molar-refractivity contribution in [3.8, 4) is 0 Å². The lowest BCUT2D eigenvalue weighted by atomic mass is 10.3. The van der Waals surface area contributed by atoms with Crippen LogP contribution in [0.25, 0.3) is 0 Å². The van der Waals surface area contributed by atoms with Crippen LogP contribution in [0, 0.1) is 0 Å². The monoisotopic (exact) mass is 169 g/mol. The molecule has 0 amide bonds. The molecule has 0 N–H and O–H groups in total. The zero-order valence-corrected chi connectivity index (χ0v) is 7.85. The Morgan fingerprint density at radius 3 is 2.64 bits per heavy atom. The van der Waals surface area contributed by atoms with Gasteiger partial charge in [0.05, 0.1) is 6.61 Å². The molecule has 0 fully saturated rings. The van der Waals surface area contributed by atoms with Crippen molar-refractivity contribution < 1.29 is 9.53 Å². The second kappa shape index (κ2) is 6.16. The van der Waals surface area contributed by atoms with E-state index < -0.39 is 0 Å². The quantitative estimate of drug-likeness (QED) is 0.270. The molecule has 0 bridgehead atoms. The lowest BCUT2D eigenvalue weighted by Gasteiger charge is -2.02. The predicted molar refractivity (Wildman–Crippen MR) is 45.6 cm³/mol. The summed E-state index contributed by atoms with van der Waals surface area (Å²) >= 11 is 0. The van der Waals surface area contributed by atoms with Crippen molar-refractivity contribution >= 4 is 16.2 Å². The molecule has 0 atom stereocenters. The average molecular weight is 169 g/mol. The number of rotatable bonds is 5. The molecular weight excluding hydrogens is 156 g/mol. The third-order valence-electron chi connectivity index (χ3n) is 1.15. The van der Waals surface area contributed by atoms with Crippen molar-refractivity contribution in [3.63, 3.8) is 0 Å². The normalized spacial score (nSPS) is 9.27. The number of carbonyl (C=O) groups is 1. The van der Waals surface area contributed by atoms with E-state index in [2.05, 4.69) is 16.8 Å². The number of hydrogen-bond acceptors (Lipinski definition) is 2. The average Bonchev–Trinajstić information content (AvgIpc) is 1.97. The molecule has 0 rings (SSSR count). The van der Waals surface area contributed by atoms with E-state index in [0.717, 1.165) is 18.9 Å². The highest BCUT2D eigenvalue weighted by Crippen LogP contribution is 1.96. The van der Waals surface area contributed by atoms with E-state index in [9.17, 15) is 4.79 Å². The minimum atomic E-state index is -0.293. The topological polar surface area (TPSA) is 26.3 Å². The van der Waals surface area contributed by atoms with E-state index in [-0.39, 0.29) is 5.97 Å². The molecule has 0 aliphatic rings. The van der Waals surface area contributed by atoms with E-state index in [1.807, 2.05) is 0 Å². The minimum Gasteiger partial charge on any atom is -0.462 e. The molecule has 2 nitrogen and oxygen atoms in total. The number of ether oxygens (including phenoxy) is 1. The summed E-state index contributed by atoms with van der Waals surface area (Å²) < 4.78 is 4.85. The first-order valence-corrected chi connectivity index (χ1v) is 4.36. The maximum Gasteiger partial charge on any atom is 0.333 e. The zero-order valence-electron chi connectivity index (χ0n) is 6.85. The van der Waals surface area contributed by atoms with Gasteiger partial charge < -0.3 is 4.74 Å². The minimum absolute atomic E-state index is 0.293. The molecule has 61 valence electrons. The Kier molecular flexibility index (Phi) is 5.84. The van der Waals surface area contributed by atoms with Crippen LogP contribution in [0.3, 0.4) is 0 Å². The van der Waals surface area contributed by atoms with Crippen LogP contribution in [0.1, 0.15) is 19.8 Å². The number of unbranched alkanes of at least 4 members (excludes halogenated alkanes) is 1. The van der Waals surface area contributed by atoms with Gasteiger partial charge in [-0.15, -0.1) is 0 Å². The maximum atomic E-state index is 10.8. The van der Waals surface area contributed by atoms with Crippen LogP contribution in [0.4, 0.5) is 0 Å². The van der Waals surface area contributed by atoms with Crippen molar-refractivity contribution in [2.45, 2.75) is 25.8 Å². The molecule has 11 heavy (non-hydrogen) atoms. The van der Waals surface area contributed by atoms with Gasteiger partial charge in [-0.05, 0) is 13.3 Å². The summed E-state index contributed by atoms with van der Waals surface area (Å²) in [6, 6.07) is 0.949. The molecule has 0 aliphatic carbocycles. The van der Waals surface area contributed by atoms with Crippen LogP contribution in [0.15, 0.2) is 12.2 Å². The molecule has 0 spiro atoms. The fraction of sp³-hybridized carbons (Fsp3) is 0.625. The lowest BCUT2D eigenvalue weighted by molar-refractivity contribution is -0.139. The van der Waals surface area contributed by atoms with Gasteiger partial charge >= 0.3 is 5.97 Å². The second-order valence-electron chi connectivity index (χ2n) is 2.37. The summed E-state index contributed by atoms with van der Waals surface area (Å²) in [5.41, 5.74) is 0.461. The Hall–Kier alpha value is -0.573. The molecule has 0 aliphatic heterocycles. The van der Waals surface area contributed by atoms with E-state index in [1.165, 1.54) is 0 Å². The summed E-state index contributed by atoms with van der Waals surface area (Å²) in [6.45, 7) is 5.61. The number of esters is 1. The zero-order chi connectivity index (χ0) is 8.69. The summed E-state index contributed by atoms with van der Waals surface area (Å²) in [5.74, 6) is -0.293. The summed E-state index contributed by atoms with van der Waals surface area (Å²) in [5, 5.41) is 0. The molecule has 0 saturated carbocycles. The standard InChI is InChI=1S/C8H13O2Si/c1-7(2)8(9)10-5-3-4-6-11/h1,3-6H2,2H3. The Balaban J connectivity index is 3.25. The van der Waals surface area contributed by atoms with Crippen LogP contribution in [0.2, 0.25) is 6.04 Å². The van der Waals surface area contributed by atoms with Crippen molar-refractivity contribution in [3.05, 3.63) is 12.2 Å². The Labute approximate surface area is 71.1 Å². The van der Waals surface area contributed by atoms with Gasteiger partial charge in [-0.25, -0.2) is 4.79 Å². The van der Waals surface area contributed by atoms with Gasteiger partial charge in [0.25, 0.3) is 0 Å². The Morgan fingerprint density at radius 2 is 2.18 bits per heavy atom. The summed E-state index contributed by atoms with van der Waals surface area (Å²) in [7, 11) is 3.33. The van der Waals surface area contributed by atoms with Crippen LogP contribution < -0.4 is 0 Å². The summed E-state index contributed by atoms with van der Waals surface area (Å²) in [4.78, 5) is 10.8. The summed E-state index contributed by atoms with van der Waals surface area (Å²) in [6.07, 6.45) is 1.93. The molecule has 3 radical (unpaired) electrons. The predicted octanol–water partition coefficient (Wildman–Crippen LogP) is 1.47. The molecule has 0 saturated heterocycles. The molecular formula is C8H13O2Si. The number of carbonyl (C=O) groups excluding carboxylic acids is 1. The van der Waals surface area contributed by atoms with Crippen molar-refractivity contribution in [1.82, 2.24) is 0 Å². The first-order chi connectivity index (χ1) is 5.18. The van der Waals surface area contributed by atoms with Gasteiger partial charge in [-0.1, -0.05) is 19.0 Å². The first-order valence-electron chi connectivity index (χ1n) is 3.65. The molecule has 0 aromatic heterocycles. The van der Waals surface area contributed by atoms with Gasteiger partial charge in [0, 0.05) is 15.8 Å². The molecule has 0 unspecified atom stereocenters. The van der Waals surface area contributed by atoms with E-state index >= 15 is 0 Å². The van der Waals surface area contributed by atoms with Gasteiger partial charge in [-0.3, -0.25) is 0 Å². The van der Waals surface area contributed by atoms with Crippen LogP contribution in [0.5, 0.6) is 0 Å². The smallest absolute Gasteiger partial charge is 0.333 e. The second-order valence-corrected chi connectivity index (χ2v) is 2.87. The SMILES string of the molecule is C=C(C)C(=O)OCCCC[Si]. The molecule has 0 aromatic rings. The maximum absolute atomic E-state index is 10.8. The molecule has 0 aromatic carbocycles. The fourth-order valence-electron chi connectivity index (χ4n) is 0.515. The van der Waals surface area contributed by atoms with E-state index in [4.69, 9.17) is 4.74 Å². The Bertz CT molecular complexity index is 143. The van der Waals surface area contributed by atoms with Crippen molar-refractivity contribution in [2.24, 2.45) is 0 Å². The lowest BCUT2D eigenvalue weighted by Crippen LogP contribution is -2.05. The number of hydrogen-bond donors (Lipinski definition) is 0. The fourth-order valence-corrected chi connectivity index (χ4v) is 0.765. The first kappa shape index (κ1) is 10.4. The van der Waals surface area contributed by atoms with Crippen LogP contribution in [-0.2, 0) is 9.53 Å². The van der Waals surface area contributed by atoms with Gasteiger partial charge in [0.2, 0.25) is 0 Å². The Morgan fingerprint density at radius 1 is 1.55 bits per heavy atom. The van der Waals surface area contributed by atoms with Crippen molar-refractivity contribution in [2.75, 3.05) is 6.61 Å². The van der Waals surface area contributed by atoms with Gasteiger partial charge in [0.15, 0.2) is 0 Å². The van der Waals surface area contributed by atoms with Gasteiger partial charge in [-0.2, -0.15) is 0 Å². The molecule has 3 heteroatoms. The van der Waals surface area contributed by atoms with Crippen LogP contribution >= 0.6 is 0 Å².